The van der Waals surface area contributed by atoms with Gasteiger partial charge in [-0.3, -0.25) is 4.79 Å². The van der Waals surface area contributed by atoms with Gasteiger partial charge in [-0.1, -0.05) is 18.2 Å². The van der Waals surface area contributed by atoms with Crippen molar-refractivity contribution in [1.82, 2.24) is 0 Å². The van der Waals surface area contributed by atoms with E-state index in [2.05, 4.69) is 0 Å². The normalized spacial score (nSPS) is 10.1. The molecule has 0 saturated carbocycles. The molecule has 0 aliphatic carbocycles. The third-order valence-corrected chi connectivity index (χ3v) is 1.89. The van der Waals surface area contributed by atoms with Crippen LogP contribution in [0.4, 0.5) is 0 Å². The first-order chi connectivity index (χ1) is 7.13. The monoisotopic (exact) mass is 208 g/mol. The molecule has 1 aromatic carbocycles. The van der Waals surface area contributed by atoms with Crippen molar-refractivity contribution in [3.8, 4) is 5.75 Å². The number of hydrogen-bond donors (Lipinski definition) is 0. The van der Waals surface area contributed by atoms with Crippen LogP contribution in [0.2, 0.25) is 0 Å². The summed E-state index contributed by atoms with van der Waals surface area (Å²) in [4.78, 5) is 11.4. The first kappa shape index (κ1) is 11.6. The molecule has 0 unspecified atom stereocenters. The molecule has 3 heteroatoms. The zero-order valence-corrected chi connectivity index (χ0v) is 9.32. The largest absolute Gasteiger partial charge is 0.496 e. The minimum atomic E-state index is -0.227. The van der Waals surface area contributed by atoms with Gasteiger partial charge >= 0.3 is 5.97 Å². The number of carbonyl (C=O) groups is 1. The number of esters is 1. The second kappa shape index (κ2) is 5.39. The van der Waals surface area contributed by atoms with E-state index < -0.39 is 0 Å². The zero-order valence-electron chi connectivity index (χ0n) is 9.32. The van der Waals surface area contributed by atoms with Crippen LogP contribution in [0, 0.1) is 0 Å². The Kier molecular flexibility index (Phi) is 4.16. The maximum atomic E-state index is 11.4. The van der Waals surface area contributed by atoms with E-state index in [1.165, 1.54) is 0 Å². The Balaban J connectivity index is 2.67. The van der Waals surface area contributed by atoms with E-state index in [0.717, 1.165) is 11.3 Å². The molecule has 0 radical (unpaired) electrons. The number of benzene rings is 1. The summed E-state index contributed by atoms with van der Waals surface area (Å²) in [6.45, 7) is 3.67. The van der Waals surface area contributed by atoms with Crippen LogP contribution >= 0.6 is 0 Å². The van der Waals surface area contributed by atoms with Gasteiger partial charge < -0.3 is 9.47 Å². The van der Waals surface area contributed by atoms with E-state index in [4.69, 9.17) is 9.47 Å². The average molecular weight is 208 g/mol. The molecule has 0 N–H and O–H groups in total. The van der Waals surface area contributed by atoms with Gasteiger partial charge in [0, 0.05) is 5.56 Å². The first-order valence-corrected chi connectivity index (χ1v) is 4.95. The lowest BCUT2D eigenvalue weighted by molar-refractivity contribution is -0.146. The van der Waals surface area contributed by atoms with Crippen molar-refractivity contribution in [2.75, 3.05) is 7.11 Å². The summed E-state index contributed by atoms with van der Waals surface area (Å²) >= 11 is 0. The molecule has 0 saturated heterocycles. The Bertz CT molecular complexity index is 331. The third kappa shape index (κ3) is 3.62. The molecule has 1 aromatic rings. The van der Waals surface area contributed by atoms with Crippen molar-refractivity contribution in [3.63, 3.8) is 0 Å². The fourth-order valence-corrected chi connectivity index (χ4v) is 1.31. The van der Waals surface area contributed by atoms with Crippen LogP contribution < -0.4 is 4.74 Å². The van der Waals surface area contributed by atoms with Crippen LogP contribution in [0.15, 0.2) is 24.3 Å². The van der Waals surface area contributed by atoms with Gasteiger partial charge in [0.1, 0.15) is 5.75 Å². The fraction of sp³-hybridized carbons (Fsp3) is 0.417. The highest BCUT2D eigenvalue weighted by atomic mass is 16.5. The summed E-state index contributed by atoms with van der Waals surface area (Å²) in [7, 11) is 1.59. The van der Waals surface area contributed by atoms with Crippen LogP contribution in [0.1, 0.15) is 19.4 Å². The minimum Gasteiger partial charge on any atom is -0.496 e. The van der Waals surface area contributed by atoms with Crippen LogP contribution in [0.5, 0.6) is 5.75 Å². The van der Waals surface area contributed by atoms with E-state index in [9.17, 15) is 4.79 Å². The highest BCUT2D eigenvalue weighted by molar-refractivity contribution is 5.73. The van der Waals surface area contributed by atoms with Gasteiger partial charge in [0.25, 0.3) is 0 Å². The van der Waals surface area contributed by atoms with Crippen LogP contribution in [0.3, 0.4) is 0 Å². The lowest BCUT2D eigenvalue weighted by Gasteiger charge is -2.10. The van der Waals surface area contributed by atoms with Crippen molar-refractivity contribution in [2.24, 2.45) is 0 Å². The molecule has 0 aliphatic rings. The molecule has 0 bridgehead atoms. The summed E-state index contributed by atoms with van der Waals surface area (Å²) < 4.78 is 10.2. The smallest absolute Gasteiger partial charge is 0.310 e. The SMILES string of the molecule is COc1ccccc1CC(=O)OC(C)C. The Morgan fingerprint density at radius 2 is 2.00 bits per heavy atom. The third-order valence-electron chi connectivity index (χ3n) is 1.89. The maximum absolute atomic E-state index is 11.4. The number of ether oxygens (including phenoxy) is 2. The van der Waals surface area contributed by atoms with Crippen molar-refractivity contribution in [3.05, 3.63) is 29.8 Å². The van der Waals surface area contributed by atoms with E-state index in [1.807, 2.05) is 38.1 Å². The number of carbonyl (C=O) groups excluding carboxylic acids is 1. The van der Waals surface area contributed by atoms with Gasteiger partial charge in [0.15, 0.2) is 0 Å². The molecule has 0 heterocycles. The molecule has 0 aromatic heterocycles. The lowest BCUT2D eigenvalue weighted by atomic mass is 10.1. The van der Waals surface area contributed by atoms with Gasteiger partial charge in [-0.05, 0) is 19.9 Å². The Morgan fingerprint density at radius 3 is 2.60 bits per heavy atom. The van der Waals surface area contributed by atoms with Crippen LogP contribution in [-0.2, 0) is 16.0 Å². The van der Waals surface area contributed by atoms with Gasteiger partial charge in [0.05, 0.1) is 19.6 Å². The van der Waals surface area contributed by atoms with Crippen LogP contribution in [-0.4, -0.2) is 19.2 Å². The second-order valence-corrected chi connectivity index (χ2v) is 3.53. The Morgan fingerprint density at radius 1 is 1.33 bits per heavy atom. The van der Waals surface area contributed by atoms with E-state index >= 15 is 0 Å². The maximum Gasteiger partial charge on any atom is 0.310 e. The molecule has 0 aliphatic heterocycles. The molecule has 3 nitrogen and oxygen atoms in total. The van der Waals surface area contributed by atoms with E-state index in [1.54, 1.807) is 7.11 Å². The second-order valence-electron chi connectivity index (χ2n) is 3.53. The molecule has 15 heavy (non-hydrogen) atoms. The topological polar surface area (TPSA) is 35.5 Å². The molecule has 0 spiro atoms. The summed E-state index contributed by atoms with van der Waals surface area (Å²) in [5.41, 5.74) is 0.852. The van der Waals surface area contributed by atoms with E-state index in [-0.39, 0.29) is 18.5 Å². The standard InChI is InChI=1S/C12H16O3/c1-9(2)15-12(13)8-10-6-4-5-7-11(10)14-3/h4-7,9H,8H2,1-3H3. The van der Waals surface area contributed by atoms with Crippen molar-refractivity contribution >= 4 is 5.97 Å². The summed E-state index contributed by atoms with van der Waals surface area (Å²) in [6.07, 6.45) is 0.176. The van der Waals surface area contributed by atoms with Gasteiger partial charge in [-0.15, -0.1) is 0 Å². The van der Waals surface area contributed by atoms with Crippen molar-refractivity contribution in [1.29, 1.82) is 0 Å². The van der Waals surface area contributed by atoms with Crippen LogP contribution in [0.25, 0.3) is 0 Å². The summed E-state index contributed by atoms with van der Waals surface area (Å²) in [5, 5.41) is 0. The lowest BCUT2D eigenvalue weighted by Crippen LogP contribution is -2.14. The number of rotatable bonds is 4. The average Bonchev–Trinajstić information content (AvgIpc) is 2.17. The number of methoxy groups -OCH3 is 1. The Hall–Kier alpha value is -1.51. The number of hydrogen-bond acceptors (Lipinski definition) is 3. The van der Waals surface area contributed by atoms with Gasteiger partial charge in [0.2, 0.25) is 0 Å². The van der Waals surface area contributed by atoms with Crippen molar-refractivity contribution in [2.45, 2.75) is 26.4 Å². The molecule has 82 valence electrons. The molecule has 0 fully saturated rings. The first-order valence-electron chi connectivity index (χ1n) is 4.95. The minimum absolute atomic E-state index is 0.0767. The number of para-hydroxylation sites is 1. The highest BCUT2D eigenvalue weighted by Crippen LogP contribution is 2.18. The molecule has 0 atom stereocenters. The molecule has 1 rings (SSSR count). The molecular weight excluding hydrogens is 192 g/mol. The quantitative estimate of drug-likeness (QED) is 0.711. The Labute approximate surface area is 90.0 Å². The van der Waals surface area contributed by atoms with Gasteiger partial charge in [-0.2, -0.15) is 0 Å². The van der Waals surface area contributed by atoms with E-state index in [0.29, 0.717) is 0 Å². The highest BCUT2D eigenvalue weighted by Gasteiger charge is 2.10. The van der Waals surface area contributed by atoms with Gasteiger partial charge in [-0.25, -0.2) is 0 Å². The summed E-state index contributed by atoms with van der Waals surface area (Å²) in [6, 6.07) is 7.44. The zero-order chi connectivity index (χ0) is 11.3. The summed E-state index contributed by atoms with van der Waals surface area (Å²) in [5.74, 6) is 0.493. The van der Waals surface area contributed by atoms with Crippen molar-refractivity contribution < 1.29 is 14.3 Å². The fourth-order valence-electron chi connectivity index (χ4n) is 1.31. The molecular formula is C12H16O3. The predicted molar refractivity (Wildman–Crippen MR) is 57.9 cm³/mol. The molecule has 0 amide bonds. The predicted octanol–water partition coefficient (Wildman–Crippen LogP) is 2.19.